The van der Waals surface area contributed by atoms with Crippen LogP contribution in [0.1, 0.15) is 20.3 Å². The predicted molar refractivity (Wildman–Crippen MR) is 52.9 cm³/mol. The normalized spacial score (nSPS) is 24.8. The first-order valence-corrected chi connectivity index (χ1v) is 5.20. The molecular formula is C10H19NO3. The van der Waals surface area contributed by atoms with Crippen molar-refractivity contribution < 1.29 is 14.6 Å². The third-order valence-electron chi connectivity index (χ3n) is 2.69. The Morgan fingerprint density at radius 2 is 2.43 bits per heavy atom. The maximum atomic E-state index is 11.8. The molecule has 2 atom stereocenters. The lowest BCUT2D eigenvalue weighted by atomic mass is 10.1. The van der Waals surface area contributed by atoms with Crippen molar-refractivity contribution in [1.29, 1.82) is 0 Å². The summed E-state index contributed by atoms with van der Waals surface area (Å²) in [5.41, 5.74) is 0. The second kappa shape index (κ2) is 5.32. The lowest BCUT2D eigenvalue weighted by molar-refractivity contribution is -0.144. The number of aliphatic hydroxyl groups is 1. The van der Waals surface area contributed by atoms with Gasteiger partial charge in [-0.1, -0.05) is 13.8 Å². The highest BCUT2D eigenvalue weighted by Gasteiger charge is 2.25. The predicted octanol–water partition coefficient (Wildman–Crippen LogP) is 0.252. The second-order valence-corrected chi connectivity index (χ2v) is 3.77. The molecular weight excluding hydrogens is 182 g/mol. The Balaban J connectivity index is 2.47. The summed E-state index contributed by atoms with van der Waals surface area (Å²) in [4.78, 5) is 13.6. The number of amides is 1. The topological polar surface area (TPSA) is 49.8 Å². The van der Waals surface area contributed by atoms with Crippen molar-refractivity contribution in [3.63, 3.8) is 0 Å². The number of nitrogens with zero attached hydrogens (tertiary/aromatic N) is 1. The number of ether oxygens (including phenoxy) is 1. The molecule has 0 aromatic carbocycles. The molecule has 1 N–H and O–H groups in total. The standard InChI is InChI=1S/C10H19NO3/c1-3-8(2)10(13)11-4-5-14-9(6-11)7-12/h8-9,12H,3-7H2,1-2H3. The Bertz CT molecular complexity index is 196. The quantitative estimate of drug-likeness (QED) is 0.712. The number of hydrogen-bond donors (Lipinski definition) is 1. The molecule has 4 nitrogen and oxygen atoms in total. The van der Waals surface area contributed by atoms with Gasteiger partial charge in [-0.3, -0.25) is 4.79 Å². The molecule has 0 aliphatic carbocycles. The molecule has 0 aromatic rings. The van der Waals surface area contributed by atoms with E-state index in [9.17, 15) is 4.79 Å². The average molecular weight is 201 g/mol. The molecule has 0 saturated carbocycles. The van der Waals surface area contributed by atoms with E-state index in [2.05, 4.69) is 0 Å². The number of morpholine rings is 1. The summed E-state index contributed by atoms with van der Waals surface area (Å²) >= 11 is 0. The molecule has 2 unspecified atom stereocenters. The minimum absolute atomic E-state index is 0.00964. The lowest BCUT2D eigenvalue weighted by Crippen LogP contribution is -2.48. The smallest absolute Gasteiger partial charge is 0.225 e. The van der Waals surface area contributed by atoms with Crippen molar-refractivity contribution in [3.05, 3.63) is 0 Å². The van der Waals surface area contributed by atoms with Gasteiger partial charge in [0, 0.05) is 19.0 Å². The molecule has 1 heterocycles. The third kappa shape index (κ3) is 2.69. The van der Waals surface area contributed by atoms with Gasteiger partial charge >= 0.3 is 0 Å². The van der Waals surface area contributed by atoms with Gasteiger partial charge in [0.25, 0.3) is 0 Å². The van der Waals surface area contributed by atoms with E-state index >= 15 is 0 Å². The number of carbonyl (C=O) groups excluding carboxylic acids is 1. The zero-order valence-electron chi connectivity index (χ0n) is 8.90. The summed E-state index contributed by atoms with van der Waals surface area (Å²) in [6, 6.07) is 0. The number of hydrogen-bond acceptors (Lipinski definition) is 3. The van der Waals surface area contributed by atoms with Crippen LogP contribution in [0.4, 0.5) is 0 Å². The molecule has 82 valence electrons. The molecule has 1 fully saturated rings. The highest BCUT2D eigenvalue weighted by molar-refractivity contribution is 5.78. The second-order valence-electron chi connectivity index (χ2n) is 3.77. The van der Waals surface area contributed by atoms with Crippen LogP contribution in [0.25, 0.3) is 0 Å². The Morgan fingerprint density at radius 1 is 1.71 bits per heavy atom. The van der Waals surface area contributed by atoms with Crippen molar-refractivity contribution >= 4 is 5.91 Å². The largest absolute Gasteiger partial charge is 0.394 e. The van der Waals surface area contributed by atoms with Gasteiger partial charge in [0.1, 0.15) is 0 Å². The molecule has 1 aliphatic heterocycles. The van der Waals surface area contributed by atoms with Crippen LogP contribution in [0, 0.1) is 5.92 Å². The van der Waals surface area contributed by atoms with Crippen molar-refractivity contribution in [1.82, 2.24) is 4.90 Å². The monoisotopic (exact) mass is 201 g/mol. The van der Waals surface area contributed by atoms with E-state index in [1.54, 1.807) is 4.90 Å². The van der Waals surface area contributed by atoms with E-state index in [0.717, 1.165) is 6.42 Å². The minimum atomic E-state index is -0.197. The Morgan fingerprint density at radius 3 is 3.00 bits per heavy atom. The molecule has 0 aromatic heterocycles. The fourth-order valence-electron chi connectivity index (χ4n) is 1.52. The van der Waals surface area contributed by atoms with Crippen LogP contribution in [-0.4, -0.2) is 48.3 Å². The van der Waals surface area contributed by atoms with Crippen molar-refractivity contribution in [2.75, 3.05) is 26.3 Å². The van der Waals surface area contributed by atoms with Crippen LogP contribution < -0.4 is 0 Å². The molecule has 0 bridgehead atoms. The van der Waals surface area contributed by atoms with Gasteiger partial charge < -0.3 is 14.7 Å². The summed E-state index contributed by atoms with van der Waals surface area (Å²) in [7, 11) is 0. The summed E-state index contributed by atoms with van der Waals surface area (Å²) in [5.74, 6) is 0.252. The van der Waals surface area contributed by atoms with E-state index < -0.39 is 0 Å². The molecule has 1 aliphatic rings. The zero-order valence-corrected chi connectivity index (χ0v) is 8.90. The first kappa shape index (κ1) is 11.5. The van der Waals surface area contributed by atoms with Crippen LogP contribution in [0.2, 0.25) is 0 Å². The summed E-state index contributed by atoms with van der Waals surface area (Å²) in [5, 5.41) is 8.92. The summed E-state index contributed by atoms with van der Waals surface area (Å²) in [6.07, 6.45) is 0.664. The maximum absolute atomic E-state index is 11.8. The van der Waals surface area contributed by atoms with Gasteiger partial charge in [0.05, 0.1) is 19.3 Å². The van der Waals surface area contributed by atoms with E-state index in [-0.39, 0.29) is 24.5 Å². The van der Waals surface area contributed by atoms with Crippen LogP contribution in [0.15, 0.2) is 0 Å². The zero-order chi connectivity index (χ0) is 10.6. The van der Waals surface area contributed by atoms with Crippen LogP contribution in [0.3, 0.4) is 0 Å². The number of carbonyl (C=O) groups is 1. The first-order chi connectivity index (χ1) is 6.69. The highest BCUT2D eigenvalue weighted by Crippen LogP contribution is 2.11. The number of rotatable bonds is 3. The van der Waals surface area contributed by atoms with Gasteiger partial charge in [0.15, 0.2) is 0 Å². The molecule has 4 heteroatoms. The Hall–Kier alpha value is -0.610. The molecule has 14 heavy (non-hydrogen) atoms. The molecule has 0 radical (unpaired) electrons. The van der Waals surface area contributed by atoms with Gasteiger partial charge in [0.2, 0.25) is 5.91 Å². The SMILES string of the molecule is CCC(C)C(=O)N1CCOC(CO)C1. The Kier molecular flexibility index (Phi) is 4.35. The summed E-state index contributed by atoms with van der Waals surface area (Å²) < 4.78 is 5.28. The van der Waals surface area contributed by atoms with E-state index in [4.69, 9.17) is 9.84 Å². The van der Waals surface area contributed by atoms with Gasteiger partial charge in [-0.25, -0.2) is 0 Å². The maximum Gasteiger partial charge on any atom is 0.225 e. The van der Waals surface area contributed by atoms with E-state index in [1.165, 1.54) is 0 Å². The van der Waals surface area contributed by atoms with Crippen molar-refractivity contribution in [2.24, 2.45) is 5.92 Å². The van der Waals surface area contributed by atoms with Crippen molar-refractivity contribution in [3.8, 4) is 0 Å². The fourth-order valence-corrected chi connectivity index (χ4v) is 1.52. The molecule has 1 amide bonds. The Labute approximate surface area is 84.8 Å². The van der Waals surface area contributed by atoms with E-state index in [1.807, 2.05) is 13.8 Å². The summed E-state index contributed by atoms with van der Waals surface area (Å²) in [6.45, 7) is 5.65. The molecule has 0 spiro atoms. The molecule has 1 saturated heterocycles. The van der Waals surface area contributed by atoms with E-state index in [0.29, 0.717) is 19.7 Å². The third-order valence-corrected chi connectivity index (χ3v) is 2.69. The highest BCUT2D eigenvalue weighted by atomic mass is 16.5. The first-order valence-electron chi connectivity index (χ1n) is 5.20. The number of aliphatic hydroxyl groups excluding tert-OH is 1. The van der Waals surface area contributed by atoms with Gasteiger partial charge in [-0.15, -0.1) is 0 Å². The van der Waals surface area contributed by atoms with Gasteiger partial charge in [-0.05, 0) is 6.42 Å². The minimum Gasteiger partial charge on any atom is -0.394 e. The van der Waals surface area contributed by atoms with Crippen LogP contribution in [-0.2, 0) is 9.53 Å². The van der Waals surface area contributed by atoms with Crippen LogP contribution >= 0.6 is 0 Å². The lowest BCUT2D eigenvalue weighted by Gasteiger charge is -2.33. The average Bonchev–Trinajstić information content (AvgIpc) is 2.27. The van der Waals surface area contributed by atoms with Crippen molar-refractivity contribution in [2.45, 2.75) is 26.4 Å². The fraction of sp³-hybridized carbons (Fsp3) is 0.900. The molecule has 1 rings (SSSR count). The van der Waals surface area contributed by atoms with Crippen LogP contribution in [0.5, 0.6) is 0 Å². The van der Waals surface area contributed by atoms with Gasteiger partial charge in [-0.2, -0.15) is 0 Å².